The van der Waals surface area contributed by atoms with E-state index in [9.17, 15) is 4.39 Å². The molecule has 3 heteroatoms. The van der Waals surface area contributed by atoms with Crippen LogP contribution in [0.15, 0.2) is 73.1 Å². The van der Waals surface area contributed by atoms with E-state index in [1.807, 2.05) is 30.3 Å². The molecule has 4 rings (SSSR count). The van der Waals surface area contributed by atoms with Crippen LogP contribution in [-0.4, -0.2) is 9.97 Å². The van der Waals surface area contributed by atoms with Crippen molar-refractivity contribution < 1.29 is 4.39 Å². The maximum atomic E-state index is 13.2. The zero-order chi connectivity index (χ0) is 14.9. The van der Waals surface area contributed by atoms with Gasteiger partial charge < -0.3 is 4.98 Å². The highest BCUT2D eigenvalue weighted by molar-refractivity contribution is 6.03. The third-order valence-electron chi connectivity index (χ3n) is 3.81. The summed E-state index contributed by atoms with van der Waals surface area (Å²) >= 11 is 0. The van der Waals surface area contributed by atoms with Gasteiger partial charge in [-0.1, -0.05) is 18.2 Å². The van der Waals surface area contributed by atoms with Gasteiger partial charge in [-0.05, 0) is 53.6 Å². The number of H-pyrrole nitrogens is 1. The molecular formula is C19H13FN2. The number of aromatic amines is 1. The first-order valence-corrected chi connectivity index (χ1v) is 7.10. The van der Waals surface area contributed by atoms with Gasteiger partial charge in [-0.3, -0.25) is 4.98 Å². The van der Waals surface area contributed by atoms with Crippen molar-refractivity contribution in [1.29, 1.82) is 0 Å². The van der Waals surface area contributed by atoms with Gasteiger partial charge in [0, 0.05) is 28.9 Å². The summed E-state index contributed by atoms with van der Waals surface area (Å²) < 4.78 is 13.2. The maximum absolute atomic E-state index is 13.2. The van der Waals surface area contributed by atoms with Crippen LogP contribution in [0, 0.1) is 5.82 Å². The second kappa shape index (κ2) is 5.11. The molecular weight excluding hydrogens is 275 g/mol. The molecule has 0 bridgehead atoms. The van der Waals surface area contributed by atoms with Crippen molar-refractivity contribution in [2.45, 2.75) is 0 Å². The Hall–Kier alpha value is -2.94. The lowest BCUT2D eigenvalue weighted by atomic mass is 9.99. The number of halogens is 1. The van der Waals surface area contributed by atoms with Crippen molar-refractivity contribution in [3.05, 3.63) is 78.9 Å². The molecule has 0 spiro atoms. The Morgan fingerprint density at radius 1 is 0.773 bits per heavy atom. The van der Waals surface area contributed by atoms with Gasteiger partial charge in [0.05, 0.1) is 5.69 Å². The zero-order valence-corrected chi connectivity index (χ0v) is 11.8. The highest BCUT2D eigenvalue weighted by Crippen LogP contribution is 2.37. The Morgan fingerprint density at radius 2 is 1.50 bits per heavy atom. The summed E-state index contributed by atoms with van der Waals surface area (Å²) in [5.74, 6) is -0.231. The van der Waals surface area contributed by atoms with Crippen LogP contribution in [0.4, 0.5) is 4.39 Å². The molecule has 2 aromatic carbocycles. The van der Waals surface area contributed by atoms with Crippen LogP contribution >= 0.6 is 0 Å². The summed E-state index contributed by atoms with van der Waals surface area (Å²) in [6, 6.07) is 18.7. The molecule has 22 heavy (non-hydrogen) atoms. The second-order valence-electron chi connectivity index (χ2n) is 5.16. The van der Waals surface area contributed by atoms with Crippen molar-refractivity contribution in [2.24, 2.45) is 0 Å². The minimum absolute atomic E-state index is 0.231. The number of fused-ring (bicyclic) bond motifs is 1. The van der Waals surface area contributed by atoms with Crippen LogP contribution < -0.4 is 0 Å². The molecule has 0 aliphatic heterocycles. The summed E-state index contributed by atoms with van der Waals surface area (Å²) in [4.78, 5) is 7.55. The topological polar surface area (TPSA) is 28.7 Å². The summed E-state index contributed by atoms with van der Waals surface area (Å²) in [6.07, 6.45) is 3.57. The van der Waals surface area contributed by atoms with Crippen LogP contribution in [0.25, 0.3) is 33.3 Å². The Bertz CT molecular complexity index is 925. The molecule has 0 unspecified atom stereocenters. The van der Waals surface area contributed by atoms with Crippen LogP contribution in [-0.2, 0) is 0 Å². The fraction of sp³-hybridized carbons (Fsp3) is 0. The molecule has 2 nitrogen and oxygen atoms in total. The fourth-order valence-corrected chi connectivity index (χ4v) is 2.79. The number of para-hydroxylation sites is 1. The molecule has 0 amide bonds. The van der Waals surface area contributed by atoms with E-state index >= 15 is 0 Å². The van der Waals surface area contributed by atoms with Crippen LogP contribution in [0.1, 0.15) is 0 Å². The van der Waals surface area contributed by atoms with E-state index < -0.39 is 0 Å². The minimum Gasteiger partial charge on any atom is -0.354 e. The van der Waals surface area contributed by atoms with Crippen LogP contribution in [0.3, 0.4) is 0 Å². The third-order valence-corrected chi connectivity index (χ3v) is 3.81. The molecule has 1 N–H and O–H groups in total. The molecule has 0 aliphatic carbocycles. The third kappa shape index (κ3) is 2.07. The average Bonchev–Trinajstić information content (AvgIpc) is 2.96. The van der Waals surface area contributed by atoms with Crippen LogP contribution in [0.2, 0.25) is 0 Å². The SMILES string of the molecule is Fc1ccc(-c2[nH]c3ccccc3c2-c2ccncc2)cc1. The van der Waals surface area contributed by atoms with Gasteiger partial charge >= 0.3 is 0 Å². The number of hydrogen-bond donors (Lipinski definition) is 1. The molecule has 4 aromatic rings. The van der Waals surface area contributed by atoms with Gasteiger partial charge in [0.1, 0.15) is 5.82 Å². The fourth-order valence-electron chi connectivity index (χ4n) is 2.79. The predicted octanol–water partition coefficient (Wildman–Crippen LogP) is 5.04. The molecule has 0 saturated carbocycles. The zero-order valence-electron chi connectivity index (χ0n) is 11.8. The van der Waals surface area contributed by atoms with Gasteiger partial charge in [0.2, 0.25) is 0 Å². The van der Waals surface area contributed by atoms with Crippen LogP contribution in [0.5, 0.6) is 0 Å². The first kappa shape index (κ1) is 12.8. The van der Waals surface area contributed by atoms with Gasteiger partial charge in [-0.15, -0.1) is 0 Å². The Morgan fingerprint density at radius 3 is 2.27 bits per heavy atom. The molecule has 0 saturated heterocycles. The number of aromatic nitrogens is 2. The van der Waals surface area contributed by atoms with Crippen molar-refractivity contribution >= 4 is 10.9 Å². The molecule has 0 atom stereocenters. The summed E-state index contributed by atoms with van der Waals surface area (Å²) in [6.45, 7) is 0. The summed E-state index contributed by atoms with van der Waals surface area (Å²) in [5, 5.41) is 1.15. The molecule has 2 heterocycles. The number of benzene rings is 2. The van der Waals surface area contributed by atoms with Crippen molar-refractivity contribution in [3.63, 3.8) is 0 Å². The average molecular weight is 288 g/mol. The largest absolute Gasteiger partial charge is 0.354 e. The van der Waals surface area contributed by atoms with E-state index in [4.69, 9.17) is 0 Å². The maximum Gasteiger partial charge on any atom is 0.123 e. The molecule has 0 fully saturated rings. The Kier molecular flexibility index (Phi) is 2.97. The lowest BCUT2D eigenvalue weighted by Crippen LogP contribution is -1.84. The molecule has 2 aromatic heterocycles. The lowest BCUT2D eigenvalue weighted by Gasteiger charge is -2.05. The van der Waals surface area contributed by atoms with Gasteiger partial charge in [0.25, 0.3) is 0 Å². The number of rotatable bonds is 2. The smallest absolute Gasteiger partial charge is 0.123 e. The quantitative estimate of drug-likeness (QED) is 0.550. The van der Waals surface area contributed by atoms with E-state index in [-0.39, 0.29) is 5.82 Å². The number of nitrogens with zero attached hydrogens (tertiary/aromatic N) is 1. The van der Waals surface area contributed by atoms with E-state index in [0.29, 0.717) is 0 Å². The van der Waals surface area contributed by atoms with Crippen molar-refractivity contribution in [3.8, 4) is 22.4 Å². The van der Waals surface area contributed by atoms with Gasteiger partial charge in [0.15, 0.2) is 0 Å². The predicted molar refractivity (Wildman–Crippen MR) is 86.9 cm³/mol. The number of nitrogens with one attached hydrogen (secondary N) is 1. The van der Waals surface area contributed by atoms with Crippen molar-refractivity contribution in [1.82, 2.24) is 9.97 Å². The summed E-state index contributed by atoms with van der Waals surface area (Å²) in [5.41, 5.74) is 5.22. The second-order valence-corrected chi connectivity index (χ2v) is 5.16. The Labute approximate surface area is 127 Å². The molecule has 0 radical (unpaired) electrons. The monoisotopic (exact) mass is 288 g/mol. The van der Waals surface area contributed by atoms with Gasteiger partial charge in [-0.25, -0.2) is 4.39 Å². The Balaban J connectivity index is 2.04. The highest BCUT2D eigenvalue weighted by Gasteiger charge is 2.14. The minimum atomic E-state index is -0.231. The first-order chi connectivity index (χ1) is 10.8. The van der Waals surface area contributed by atoms with Gasteiger partial charge in [-0.2, -0.15) is 0 Å². The number of hydrogen-bond acceptors (Lipinski definition) is 1. The molecule has 106 valence electrons. The molecule has 0 aliphatic rings. The van der Waals surface area contributed by atoms with E-state index in [2.05, 4.69) is 16.0 Å². The highest BCUT2D eigenvalue weighted by atomic mass is 19.1. The normalized spacial score (nSPS) is 11.0. The first-order valence-electron chi connectivity index (χ1n) is 7.10. The lowest BCUT2D eigenvalue weighted by molar-refractivity contribution is 0.628. The number of pyridine rings is 1. The van der Waals surface area contributed by atoms with E-state index in [1.54, 1.807) is 24.5 Å². The van der Waals surface area contributed by atoms with E-state index in [1.165, 1.54) is 12.1 Å². The standard InChI is InChI=1S/C19H13FN2/c20-15-7-5-14(6-8-15)19-18(13-9-11-21-12-10-13)16-3-1-2-4-17(16)22-19/h1-12,22H. The van der Waals surface area contributed by atoms with Crippen molar-refractivity contribution in [2.75, 3.05) is 0 Å². The van der Waals surface area contributed by atoms with E-state index in [0.717, 1.165) is 33.3 Å². The summed E-state index contributed by atoms with van der Waals surface area (Å²) in [7, 11) is 0.